The van der Waals surface area contributed by atoms with Gasteiger partial charge in [-0.2, -0.15) is 0 Å². The molecule has 0 aliphatic heterocycles. The molecule has 0 amide bonds. The highest BCUT2D eigenvalue weighted by Crippen LogP contribution is 2.23. The number of hydrogen-bond acceptors (Lipinski definition) is 3. The van der Waals surface area contributed by atoms with E-state index >= 15 is 0 Å². The maximum Gasteiger partial charge on any atom is 0.310 e. The van der Waals surface area contributed by atoms with E-state index in [-0.39, 0.29) is 22.7 Å². The zero-order valence-corrected chi connectivity index (χ0v) is 11.7. The van der Waals surface area contributed by atoms with Crippen molar-refractivity contribution in [3.8, 4) is 0 Å². The van der Waals surface area contributed by atoms with Crippen LogP contribution in [0.2, 0.25) is 0 Å². The summed E-state index contributed by atoms with van der Waals surface area (Å²) in [5.74, 6) is -2.14. The first-order valence-electron chi connectivity index (χ1n) is 5.50. The van der Waals surface area contributed by atoms with Gasteiger partial charge in [-0.05, 0) is 28.9 Å². The van der Waals surface area contributed by atoms with Gasteiger partial charge in [0.1, 0.15) is 11.6 Å². The molecule has 6 heteroatoms. The molecule has 1 aromatic carbocycles. The highest BCUT2D eigenvalue weighted by molar-refractivity contribution is 9.10. The molecule has 1 aromatic rings. The summed E-state index contributed by atoms with van der Waals surface area (Å²) >= 11 is 2.97. The van der Waals surface area contributed by atoms with Gasteiger partial charge in [0.2, 0.25) is 0 Å². The number of rotatable bonds is 5. The predicted molar refractivity (Wildman–Crippen MR) is 68.3 cm³/mol. The Balaban J connectivity index is 2.63. The molecule has 1 N–H and O–H groups in total. The molecule has 0 saturated carbocycles. The third kappa shape index (κ3) is 3.94. The van der Waals surface area contributed by atoms with Crippen molar-refractivity contribution in [3.05, 3.63) is 28.2 Å². The number of nitrogens with one attached hydrogen (secondary N) is 1. The molecule has 1 atom stereocenters. The van der Waals surface area contributed by atoms with Crippen LogP contribution < -0.4 is 5.32 Å². The number of anilines is 1. The van der Waals surface area contributed by atoms with Crippen LogP contribution in [0, 0.1) is 17.6 Å². The molecule has 100 valence electrons. The summed E-state index contributed by atoms with van der Waals surface area (Å²) in [6, 6.07) is 2.07. The Hall–Kier alpha value is -1.17. The normalized spacial score (nSPS) is 12.1. The molecule has 0 aliphatic rings. The standard InChI is InChI=1S/C12H14BrF2NO2/c1-3-18-12(17)7(2)6-16-11-4-8(13)9(14)5-10(11)15/h4-5,7,16H,3,6H2,1-2H3. The first-order valence-corrected chi connectivity index (χ1v) is 6.30. The van der Waals surface area contributed by atoms with E-state index in [1.165, 1.54) is 6.07 Å². The van der Waals surface area contributed by atoms with Crippen molar-refractivity contribution >= 4 is 27.6 Å². The van der Waals surface area contributed by atoms with E-state index in [4.69, 9.17) is 4.74 Å². The number of esters is 1. The lowest BCUT2D eigenvalue weighted by atomic mass is 10.2. The Labute approximate surface area is 113 Å². The van der Waals surface area contributed by atoms with Crippen molar-refractivity contribution in [1.82, 2.24) is 0 Å². The highest BCUT2D eigenvalue weighted by atomic mass is 79.9. The van der Waals surface area contributed by atoms with Gasteiger partial charge in [-0.3, -0.25) is 4.79 Å². The molecular weight excluding hydrogens is 308 g/mol. The predicted octanol–water partition coefficient (Wildman–Crippen LogP) is 3.34. The zero-order chi connectivity index (χ0) is 13.7. The average Bonchev–Trinajstić information content (AvgIpc) is 2.32. The summed E-state index contributed by atoms with van der Waals surface area (Å²) in [7, 11) is 0. The molecule has 0 saturated heterocycles. The van der Waals surface area contributed by atoms with Gasteiger partial charge in [0.15, 0.2) is 0 Å². The Morgan fingerprint density at radius 3 is 2.72 bits per heavy atom. The quantitative estimate of drug-likeness (QED) is 0.667. The zero-order valence-electron chi connectivity index (χ0n) is 10.1. The van der Waals surface area contributed by atoms with Crippen molar-refractivity contribution in [2.45, 2.75) is 13.8 Å². The van der Waals surface area contributed by atoms with E-state index in [0.717, 1.165) is 6.07 Å². The van der Waals surface area contributed by atoms with Gasteiger partial charge in [-0.1, -0.05) is 6.92 Å². The molecule has 0 spiro atoms. The molecule has 0 aromatic heterocycles. The lowest BCUT2D eigenvalue weighted by Gasteiger charge is -2.13. The van der Waals surface area contributed by atoms with Crippen LogP contribution in [-0.2, 0) is 9.53 Å². The molecule has 0 radical (unpaired) electrons. The summed E-state index contributed by atoms with van der Waals surface area (Å²) in [5, 5.41) is 2.75. The first-order chi connectivity index (χ1) is 8.45. The minimum absolute atomic E-state index is 0.138. The molecule has 1 rings (SSSR count). The van der Waals surface area contributed by atoms with E-state index in [2.05, 4.69) is 21.2 Å². The minimum Gasteiger partial charge on any atom is -0.466 e. The number of carbonyl (C=O) groups excluding carboxylic acids is 1. The summed E-state index contributed by atoms with van der Waals surface area (Å²) < 4.78 is 31.4. The average molecular weight is 322 g/mol. The summed E-state index contributed by atoms with van der Waals surface area (Å²) in [4.78, 5) is 11.3. The van der Waals surface area contributed by atoms with Gasteiger partial charge >= 0.3 is 5.97 Å². The molecule has 18 heavy (non-hydrogen) atoms. The van der Waals surface area contributed by atoms with E-state index < -0.39 is 17.6 Å². The van der Waals surface area contributed by atoms with Gasteiger partial charge in [-0.25, -0.2) is 8.78 Å². The molecule has 1 unspecified atom stereocenters. The fraction of sp³-hybridized carbons (Fsp3) is 0.417. The molecule has 3 nitrogen and oxygen atoms in total. The van der Waals surface area contributed by atoms with E-state index in [9.17, 15) is 13.6 Å². The maximum absolute atomic E-state index is 13.4. The van der Waals surface area contributed by atoms with Gasteiger partial charge in [0.05, 0.1) is 22.7 Å². The van der Waals surface area contributed by atoms with Crippen LogP contribution >= 0.6 is 15.9 Å². The van der Waals surface area contributed by atoms with Gasteiger partial charge in [0, 0.05) is 12.6 Å². The molecular formula is C12H14BrF2NO2. The topological polar surface area (TPSA) is 38.3 Å². The van der Waals surface area contributed by atoms with Crippen molar-refractivity contribution in [2.24, 2.45) is 5.92 Å². The van der Waals surface area contributed by atoms with E-state index in [1.807, 2.05) is 0 Å². The SMILES string of the molecule is CCOC(=O)C(C)CNc1cc(Br)c(F)cc1F. The first kappa shape index (κ1) is 14.9. The largest absolute Gasteiger partial charge is 0.466 e. The van der Waals surface area contributed by atoms with Crippen molar-refractivity contribution in [3.63, 3.8) is 0 Å². The molecule has 0 aliphatic carbocycles. The van der Waals surface area contributed by atoms with Crippen LogP contribution in [-0.4, -0.2) is 19.1 Å². The smallest absolute Gasteiger partial charge is 0.310 e. The Kier molecular flexibility index (Phi) is 5.53. The van der Waals surface area contributed by atoms with Gasteiger partial charge < -0.3 is 10.1 Å². The van der Waals surface area contributed by atoms with Crippen LogP contribution in [0.5, 0.6) is 0 Å². The van der Waals surface area contributed by atoms with Crippen LogP contribution in [0.4, 0.5) is 14.5 Å². The van der Waals surface area contributed by atoms with Crippen LogP contribution in [0.15, 0.2) is 16.6 Å². The molecule has 0 bridgehead atoms. The second-order valence-electron chi connectivity index (χ2n) is 3.78. The monoisotopic (exact) mass is 321 g/mol. The highest BCUT2D eigenvalue weighted by Gasteiger charge is 2.15. The van der Waals surface area contributed by atoms with Crippen molar-refractivity contribution in [2.75, 3.05) is 18.5 Å². The van der Waals surface area contributed by atoms with E-state index in [1.54, 1.807) is 13.8 Å². The number of carbonyl (C=O) groups is 1. The fourth-order valence-electron chi connectivity index (χ4n) is 1.29. The van der Waals surface area contributed by atoms with Crippen molar-refractivity contribution in [1.29, 1.82) is 0 Å². The summed E-state index contributed by atoms with van der Waals surface area (Å²) in [6.45, 7) is 3.91. The van der Waals surface area contributed by atoms with E-state index in [0.29, 0.717) is 6.61 Å². The second kappa shape index (κ2) is 6.68. The van der Waals surface area contributed by atoms with Crippen LogP contribution in [0.1, 0.15) is 13.8 Å². The summed E-state index contributed by atoms with van der Waals surface area (Å²) in [5.41, 5.74) is 0.138. The Morgan fingerprint density at radius 2 is 2.11 bits per heavy atom. The van der Waals surface area contributed by atoms with Crippen LogP contribution in [0.25, 0.3) is 0 Å². The molecule has 0 heterocycles. The van der Waals surface area contributed by atoms with Crippen molar-refractivity contribution < 1.29 is 18.3 Å². The minimum atomic E-state index is -0.702. The van der Waals surface area contributed by atoms with Gasteiger partial charge in [-0.15, -0.1) is 0 Å². The number of hydrogen-bond donors (Lipinski definition) is 1. The number of benzene rings is 1. The second-order valence-corrected chi connectivity index (χ2v) is 4.63. The number of halogens is 3. The number of ether oxygens (including phenoxy) is 1. The fourth-order valence-corrected chi connectivity index (χ4v) is 1.63. The van der Waals surface area contributed by atoms with Crippen LogP contribution in [0.3, 0.4) is 0 Å². The Bertz CT molecular complexity index is 440. The third-order valence-electron chi connectivity index (χ3n) is 2.30. The summed E-state index contributed by atoms with van der Waals surface area (Å²) in [6.07, 6.45) is 0. The maximum atomic E-state index is 13.4. The third-order valence-corrected chi connectivity index (χ3v) is 2.91. The lowest BCUT2D eigenvalue weighted by Crippen LogP contribution is -2.22. The van der Waals surface area contributed by atoms with Gasteiger partial charge in [0.25, 0.3) is 0 Å². The molecule has 0 fully saturated rings. The Morgan fingerprint density at radius 1 is 1.44 bits per heavy atom. The lowest BCUT2D eigenvalue weighted by molar-refractivity contribution is -0.146.